The molecule has 1 N–H and O–H groups in total. The molecule has 1 aliphatic carbocycles. The van der Waals surface area contributed by atoms with Crippen LogP contribution >= 0.6 is 0 Å². The van der Waals surface area contributed by atoms with Crippen molar-refractivity contribution < 1.29 is 22.6 Å². The Morgan fingerprint density at radius 1 is 1.25 bits per heavy atom. The Kier molecular flexibility index (Phi) is 3.71. The van der Waals surface area contributed by atoms with E-state index >= 15 is 0 Å². The van der Waals surface area contributed by atoms with E-state index in [0.29, 0.717) is 12.5 Å². The average Bonchev–Trinajstić information content (AvgIpc) is 2.92. The predicted octanol–water partition coefficient (Wildman–Crippen LogP) is 1.68. The van der Waals surface area contributed by atoms with E-state index < -0.39 is 6.36 Å². The Bertz CT molecular complexity index is 231. The van der Waals surface area contributed by atoms with Crippen LogP contribution in [0.4, 0.5) is 13.2 Å². The zero-order valence-electron chi connectivity index (χ0n) is 8.93. The molecule has 16 heavy (non-hydrogen) atoms. The number of ether oxygens (including phenoxy) is 2. The van der Waals surface area contributed by atoms with Crippen LogP contribution in [0, 0.1) is 5.92 Å². The first-order valence-electron chi connectivity index (χ1n) is 5.62. The Balaban J connectivity index is 1.62. The molecule has 2 atom stereocenters. The summed E-state index contributed by atoms with van der Waals surface area (Å²) in [6.45, 7) is 0.590. The number of hydrogen-bond acceptors (Lipinski definition) is 3. The van der Waals surface area contributed by atoms with Gasteiger partial charge in [-0.1, -0.05) is 0 Å². The maximum absolute atomic E-state index is 11.7. The van der Waals surface area contributed by atoms with Crippen molar-refractivity contribution in [2.75, 3.05) is 19.8 Å². The number of rotatable bonds is 5. The van der Waals surface area contributed by atoms with Crippen LogP contribution in [0.15, 0.2) is 0 Å². The number of alkyl halides is 3. The zero-order valence-corrected chi connectivity index (χ0v) is 8.93. The second-order valence-corrected chi connectivity index (χ2v) is 4.32. The van der Waals surface area contributed by atoms with Gasteiger partial charge in [0.15, 0.2) is 0 Å². The van der Waals surface area contributed by atoms with E-state index in [-0.39, 0.29) is 25.3 Å². The van der Waals surface area contributed by atoms with Gasteiger partial charge in [0, 0.05) is 19.2 Å². The molecule has 1 aliphatic heterocycles. The van der Waals surface area contributed by atoms with Crippen molar-refractivity contribution in [2.24, 2.45) is 5.92 Å². The Morgan fingerprint density at radius 2 is 2.00 bits per heavy atom. The topological polar surface area (TPSA) is 30.5 Å². The van der Waals surface area contributed by atoms with Crippen molar-refractivity contribution in [1.82, 2.24) is 5.32 Å². The van der Waals surface area contributed by atoms with Gasteiger partial charge in [0.1, 0.15) is 0 Å². The zero-order chi connectivity index (χ0) is 11.6. The highest BCUT2D eigenvalue weighted by atomic mass is 19.4. The van der Waals surface area contributed by atoms with Crippen molar-refractivity contribution in [3.05, 3.63) is 0 Å². The molecule has 0 aromatic rings. The third-order valence-corrected chi connectivity index (χ3v) is 3.00. The van der Waals surface area contributed by atoms with Crippen LogP contribution in [0.1, 0.15) is 19.3 Å². The summed E-state index contributed by atoms with van der Waals surface area (Å²) in [5.41, 5.74) is 0. The highest BCUT2D eigenvalue weighted by Gasteiger charge is 2.40. The molecule has 0 amide bonds. The molecule has 0 spiro atoms. The van der Waals surface area contributed by atoms with Gasteiger partial charge < -0.3 is 10.1 Å². The van der Waals surface area contributed by atoms with Crippen LogP contribution in [0.3, 0.4) is 0 Å². The van der Waals surface area contributed by atoms with Crippen molar-refractivity contribution in [3.63, 3.8) is 0 Å². The summed E-state index contributed by atoms with van der Waals surface area (Å²) in [7, 11) is 0. The summed E-state index contributed by atoms with van der Waals surface area (Å²) in [6.07, 6.45) is -1.08. The third-order valence-electron chi connectivity index (χ3n) is 3.00. The van der Waals surface area contributed by atoms with Crippen LogP contribution in [-0.2, 0) is 9.47 Å². The minimum Gasteiger partial charge on any atom is -0.376 e. The molecule has 1 saturated carbocycles. The van der Waals surface area contributed by atoms with E-state index in [1.165, 1.54) is 12.8 Å². The van der Waals surface area contributed by atoms with Crippen LogP contribution < -0.4 is 5.32 Å². The van der Waals surface area contributed by atoms with Crippen molar-refractivity contribution in [3.8, 4) is 0 Å². The molecule has 0 radical (unpaired) electrons. The van der Waals surface area contributed by atoms with E-state index in [1.54, 1.807) is 0 Å². The summed E-state index contributed by atoms with van der Waals surface area (Å²) < 4.78 is 44.3. The SMILES string of the molecule is FC(F)(F)OCCNC1CCOC1C1CC1. The largest absolute Gasteiger partial charge is 0.522 e. The minimum absolute atomic E-state index is 0.198. The molecule has 94 valence electrons. The molecule has 0 aromatic carbocycles. The van der Waals surface area contributed by atoms with Crippen LogP contribution in [0.2, 0.25) is 0 Å². The van der Waals surface area contributed by atoms with Gasteiger partial charge in [-0.25, -0.2) is 0 Å². The Hall–Kier alpha value is -0.330. The lowest BCUT2D eigenvalue weighted by Crippen LogP contribution is -2.39. The predicted molar refractivity (Wildman–Crippen MR) is 50.9 cm³/mol. The molecule has 0 bridgehead atoms. The number of hydrogen-bond donors (Lipinski definition) is 1. The normalized spacial score (nSPS) is 30.9. The monoisotopic (exact) mass is 239 g/mol. The summed E-state index contributed by atoms with van der Waals surface area (Å²) >= 11 is 0. The van der Waals surface area contributed by atoms with E-state index in [0.717, 1.165) is 6.42 Å². The van der Waals surface area contributed by atoms with Crippen molar-refractivity contribution in [2.45, 2.75) is 37.8 Å². The van der Waals surface area contributed by atoms with E-state index in [2.05, 4.69) is 10.1 Å². The molecule has 3 nitrogen and oxygen atoms in total. The lowest BCUT2D eigenvalue weighted by molar-refractivity contribution is -0.323. The lowest BCUT2D eigenvalue weighted by atomic mass is 10.1. The number of nitrogens with one attached hydrogen (secondary N) is 1. The molecule has 6 heteroatoms. The Morgan fingerprint density at radius 3 is 2.62 bits per heavy atom. The molecular weight excluding hydrogens is 223 g/mol. The highest BCUT2D eigenvalue weighted by molar-refractivity contribution is 4.93. The first-order chi connectivity index (χ1) is 7.56. The molecule has 1 saturated heterocycles. The molecular formula is C10H16F3NO2. The average molecular weight is 239 g/mol. The van der Waals surface area contributed by atoms with Crippen LogP contribution in [0.25, 0.3) is 0 Å². The maximum Gasteiger partial charge on any atom is 0.522 e. The third kappa shape index (κ3) is 3.61. The van der Waals surface area contributed by atoms with E-state index in [4.69, 9.17) is 4.74 Å². The maximum atomic E-state index is 11.7. The molecule has 2 rings (SSSR count). The number of halogens is 3. The summed E-state index contributed by atoms with van der Waals surface area (Å²) in [6, 6.07) is 0.198. The minimum atomic E-state index is -4.52. The first-order valence-corrected chi connectivity index (χ1v) is 5.62. The van der Waals surface area contributed by atoms with Crippen LogP contribution in [0.5, 0.6) is 0 Å². The first kappa shape index (κ1) is 12.1. The second kappa shape index (κ2) is 4.89. The van der Waals surface area contributed by atoms with Gasteiger partial charge in [-0.15, -0.1) is 13.2 Å². The summed E-state index contributed by atoms with van der Waals surface area (Å²) in [4.78, 5) is 0. The summed E-state index contributed by atoms with van der Waals surface area (Å²) in [5.74, 6) is 0.614. The fourth-order valence-corrected chi connectivity index (χ4v) is 2.13. The molecule has 2 fully saturated rings. The molecule has 0 aromatic heterocycles. The van der Waals surface area contributed by atoms with Gasteiger partial charge in [-0.2, -0.15) is 0 Å². The second-order valence-electron chi connectivity index (χ2n) is 4.32. The van der Waals surface area contributed by atoms with Gasteiger partial charge >= 0.3 is 6.36 Å². The van der Waals surface area contributed by atoms with Crippen molar-refractivity contribution >= 4 is 0 Å². The summed E-state index contributed by atoms with van der Waals surface area (Å²) in [5, 5.41) is 3.08. The standard InChI is InChI=1S/C10H16F3NO2/c11-10(12,13)16-6-4-14-8-3-5-15-9(8)7-1-2-7/h7-9,14H,1-6H2. The molecule has 2 unspecified atom stereocenters. The fourth-order valence-electron chi connectivity index (χ4n) is 2.13. The highest BCUT2D eigenvalue weighted by Crippen LogP contribution is 2.38. The molecule has 1 heterocycles. The van der Waals surface area contributed by atoms with Gasteiger partial charge in [-0.3, -0.25) is 4.74 Å². The Labute approximate surface area is 92.3 Å². The van der Waals surface area contributed by atoms with Gasteiger partial charge in [-0.05, 0) is 25.2 Å². The molecule has 2 aliphatic rings. The quantitative estimate of drug-likeness (QED) is 0.740. The lowest BCUT2D eigenvalue weighted by Gasteiger charge is -2.19. The van der Waals surface area contributed by atoms with Crippen LogP contribution in [-0.4, -0.2) is 38.3 Å². The van der Waals surface area contributed by atoms with Gasteiger partial charge in [0.25, 0.3) is 0 Å². The van der Waals surface area contributed by atoms with E-state index in [1.807, 2.05) is 0 Å². The van der Waals surface area contributed by atoms with Gasteiger partial charge in [0.05, 0.1) is 12.7 Å². The van der Waals surface area contributed by atoms with Gasteiger partial charge in [0.2, 0.25) is 0 Å². The van der Waals surface area contributed by atoms with Crippen molar-refractivity contribution in [1.29, 1.82) is 0 Å². The van der Waals surface area contributed by atoms with E-state index in [9.17, 15) is 13.2 Å². The smallest absolute Gasteiger partial charge is 0.376 e. The fraction of sp³-hybridized carbons (Fsp3) is 1.00.